The zero-order valence-corrected chi connectivity index (χ0v) is 14.2. The molecule has 2 aromatic carbocycles. The van der Waals surface area contributed by atoms with E-state index < -0.39 is 22.9 Å². The lowest BCUT2D eigenvalue weighted by atomic mass is 9.79. The van der Waals surface area contributed by atoms with Gasteiger partial charge >= 0.3 is 7.12 Å². The van der Waals surface area contributed by atoms with Gasteiger partial charge in [0, 0.05) is 13.0 Å². The van der Waals surface area contributed by atoms with Crippen LogP contribution in [-0.2, 0) is 31.6 Å². The largest absolute Gasteiger partial charge is 0.508 e. The van der Waals surface area contributed by atoms with Crippen molar-refractivity contribution in [2.75, 3.05) is 5.32 Å². The molecule has 0 fully saturated rings. The lowest BCUT2D eigenvalue weighted by molar-refractivity contribution is -0.114. The van der Waals surface area contributed by atoms with Crippen LogP contribution >= 0.6 is 0 Å². The molecule has 7 nitrogen and oxygen atoms in total. The molecule has 2 aromatic rings. The van der Waals surface area contributed by atoms with E-state index in [0.717, 1.165) is 5.56 Å². The average Bonchev–Trinajstić information content (AvgIpc) is 2.87. The number of phenols is 1. The summed E-state index contributed by atoms with van der Waals surface area (Å²) in [6.45, 7) is 1.54. The second-order valence-electron chi connectivity index (χ2n) is 5.82. The fraction of sp³-hybridized carbons (Fsp3) is 0.188. The summed E-state index contributed by atoms with van der Waals surface area (Å²) in [4.78, 5) is 11.2. The Morgan fingerprint density at radius 1 is 1.28 bits per heavy atom. The molecule has 0 aliphatic carbocycles. The van der Waals surface area contributed by atoms with Crippen LogP contribution in [0.5, 0.6) is 5.75 Å². The van der Waals surface area contributed by atoms with Gasteiger partial charge in [0.1, 0.15) is 5.75 Å². The van der Waals surface area contributed by atoms with Crippen molar-refractivity contribution in [3.63, 3.8) is 0 Å². The Morgan fingerprint density at radius 2 is 2.04 bits per heavy atom. The van der Waals surface area contributed by atoms with Crippen LogP contribution in [0.15, 0.2) is 41.3 Å². The van der Waals surface area contributed by atoms with Crippen molar-refractivity contribution >= 4 is 34.0 Å². The summed E-state index contributed by atoms with van der Waals surface area (Å²) in [6, 6.07) is 8.68. The first-order chi connectivity index (χ1) is 11.8. The second-order valence-corrected chi connectivity index (χ2v) is 7.78. The zero-order chi connectivity index (χ0) is 18.2. The van der Waals surface area contributed by atoms with Crippen LogP contribution < -0.4 is 10.8 Å². The molecule has 0 atom stereocenters. The average molecular weight is 361 g/mol. The van der Waals surface area contributed by atoms with E-state index in [1.807, 2.05) is 0 Å². The molecule has 3 rings (SSSR count). The Kier molecular flexibility index (Phi) is 4.55. The number of hydrogen-bond acceptors (Lipinski definition) is 6. The zero-order valence-electron chi connectivity index (χ0n) is 13.4. The van der Waals surface area contributed by atoms with Gasteiger partial charge in [-0.2, -0.15) is 0 Å². The molecule has 25 heavy (non-hydrogen) atoms. The van der Waals surface area contributed by atoms with Gasteiger partial charge in [0.2, 0.25) is 5.91 Å². The summed E-state index contributed by atoms with van der Waals surface area (Å²) in [5.74, 6) is -0.912. The minimum Gasteiger partial charge on any atom is -0.508 e. The lowest BCUT2D eigenvalue weighted by Crippen LogP contribution is -2.28. The van der Waals surface area contributed by atoms with Crippen LogP contribution in [0, 0.1) is 0 Å². The molecule has 0 radical (unpaired) electrons. The highest BCUT2D eigenvalue weighted by Crippen LogP contribution is 2.28. The van der Waals surface area contributed by atoms with Gasteiger partial charge in [-0.05, 0) is 28.7 Å². The summed E-state index contributed by atoms with van der Waals surface area (Å²) in [6.07, 6.45) is 0. The van der Waals surface area contributed by atoms with Gasteiger partial charge in [-0.1, -0.05) is 18.2 Å². The fourth-order valence-electron chi connectivity index (χ4n) is 2.73. The van der Waals surface area contributed by atoms with E-state index in [4.69, 9.17) is 4.65 Å². The molecule has 0 saturated carbocycles. The van der Waals surface area contributed by atoms with Crippen molar-refractivity contribution in [1.29, 1.82) is 0 Å². The molecule has 0 saturated heterocycles. The third kappa shape index (κ3) is 3.68. The predicted octanol–water partition coefficient (Wildman–Crippen LogP) is 0.542. The van der Waals surface area contributed by atoms with E-state index in [1.54, 1.807) is 18.2 Å². The van der Waals surface area contributed by atoms with Gasteiger partial charge in [-0.15, -0.1) is 0 Å². The molecule has 3 N–H and O–H groups in total. The normalized spacial score (nSPS) is 13.6. The molecular formula is C16H16BNO6S. The number of anilines is 1. The third-order valence-corrected chi connectivity index (χ3v) is 5.58. The Balaban J connectivity index is 1.95. The number of fused-ring (bicyclic) bond motifs is 1. The number of carbonyl (C=O) groups is 1. The van der Waals surface area contributed by atoms with Crippen molar-refractivity contribution in [1.82, 2.24) is 0 Å². The van der Waals surface area contributed by atoms with Crippen molar-refractivity contribution in [3.8, 4) is 5.75 Å². The van der Waals surface area contributed by atoms with Crippen LogP contribution in [-0.4, -0.2) is 31.6 Å². The lowest BCUT2D eigenvalue weighted by Gasteiger charge is -2.12. The van der Waals surface area contributed by atoms with Crippen molar-refractivity contribution < 1.29 is 28.0 Å². The first-order valence-corrected chi connectivity index (χ1v) is 9.16. The Morgan fingerprint density at radius 3 is 2.76 bits per heavy atom. The Bertz CT molecular complexity index is 944. The summed E-state index contributed by atoms with van der Waals surface area (Å²) in [5.41, 5.74) is 1.89. The van der Waals surface area contributed by atoms with Crippen LogP contribution in [0.1, 0.15) is 18.1 Å². The molecule has 0 spiro atoms. The number of carbonyl (C=O) groups excluding carboxylic acids is 1. The van der Waals surface area contributed by atoms with Crippen molar-refractivity contribution in [3.05, 3.63) is 47.5 Å². The van der Waals surface area contributed by atoms with Crippen molar-refractivity contribution in [2.45, 2.75) is 24.2 Å². The SMILES string of the molecule is CC(=O)Nc1cc(O)ccc1S(=O)(=O)Cc1ccc2c(c1)B(O)OC2. The number of benzene rings is 2. The standard InChI is InChI=1S/C16H16BNO6S/c1-10(19)18-15-7-13(20)4-5-16(15)25(22,23)9-11-2-3-12-8-24-17(21)14(12)6-11/h2-7,20-21H,8-9H2,1H3,(H,18,19). The Labute approximate surface area is 145 Å². The third-order valence-electron chi connectivity index (χ3n) is 3.84. The number of nitrogens with one attached hydrogen (secondary N) is 1. The van der Waals surface area contributed by atoms with Gasteiger partial charge in [-0.3, -0.25) is 4.79 Å². The minimum atomic E-state index is -3.79. The summed E-state index contributed by atoms with van der Waals surface area (Å²) in [7, 11) is -4.84. The predicted molar refractivity (Wildman–Crippen MR) is 92.1 cm³/mol. The maximum Gasteiger partial charge on any atom is 0.491 e. The number of sulfone groups is 1. The van der Waals surface area contributed by atoms with Gasteiger partial charge in [0.05, 0.1) is 22.9 Å². The van der Waals surface area contributed by atoms with E-state index in [2.05, 4.69) is 5.32 Å². The monoisotopic (exact) mass is 361 g/mol. The maximum atomic E-state index is 12.8. The number of hydrogen-bond donors (Lipinski definition) is 3. The molecule has 1 amide bonds. The smallest absolute Gasteiger partial charge is 0.491 e. The minimum absolute atomic E-state index is 0.0250. The quantitative estimate of drug-likeness (QED) is 0.686. The molecule has 9 heteroatoms. The summed E-state index contributed by atoms with van der Waals surface area (Å²) >= 11 is 0. The maximum absolute atomic E-state index is 12.8. The highest BCUT2D eigenvalue weighted by Gasteiger charge is 2.28. The Hall–Kier alpha value is -2.36. The van der Waals surface area contributed by atoms with Gasteiger partial charge < -0.3 is 20.1 Å². The summed E-state index contributed by atoms with van der Waals surface area (Å²) in [5, 5.41) is 21.7. The van der Waals surface area contributed by atoms with Crippen LogP contribution in [0.25, 0.3) is 0 Å². The molecule has 1 aliphatic rings. The molecule has 1 aliphatic heterocycles. The number of amides is 1. The highest BCUT2D eigenvalue weighted by molar-refractivity contribution is 7.90. The molecule has 0 unspecified atom stereocenters. The first kappa shape index (κ1) is 17.5. The van der Waals surface area contributed by atoms with Gasteiger partial charge in [-0.25, -0.2) is 8.42 Å². The van der Waals surface area contributed by atoms with Gasteiger partial charge in [0.25, 0.3) is 0 Å². The topological polar surface area (TPSA) is 113 Å². The second kappa shape index (κ2) is 6.51. The molecular weight excluding hydrogens is 345 g/mol. The molecule has 0 bridgehead atoms. The highest BCUT2D eigenvalue weighted by atomic mass is 32.2. The van der Waals surface area contributed by atoms with Gasteiger partial charge in [0.15, 0.2) is 9.84 Å². The number of phenolic OH excluding ortho intramolecular Hbond substituents is 1. The number of aromatic hydroxyl groups is 1. The fourth-order valence-corrected chi connectivity index (χ4v) is 4.22. The van der Waals surface area contributed by atoms with E-state index in [9.17, 15) is 23.3 Å². The van der Waals surface area contributed by atoms with E-state index in [-0.39, 0.29) is 28.7 Å². The van der Waals surface area contributed by atoms with Crippen LogP contribution in [0.3, 0.4) is 0 Å². The molecule has 130 valence electrons. The first-order valence-electron chi connectivity index (χ1n) is 7.51. The number of rotatable bonds is 4. The van der Waals surface area contributed by atoms with E-state index in [0.29, 0.717) is 11.0 Å². The van der Waals surface area contributed by atoms with E-state index >= 15 is 0 Å². The van der Waals surface area contributed by atoms with Crippen LogP contribution in [0.2, 0.25) is 0 Å². The molecule has 1 heterocycles. The molecule has 0 aromatic heterocycles. The summed E-state index contributed by atoms with van der Waals surface area (Å²) < 4.78 is 30.6. The van der Waals surface area contributed by atoms with E-state index in [1.165, 1.54) is 25.1 Å². The van der Waals surface area contributed by atoms with Crippen molar-refractivity contribution in [2.24, 2.45) is 0 Å². The van der Waals surface area contributed by atoms with Crippen LogP contribution in [0.4, 0.5) is 5.69 Å².